The van der Waals surface area contributed by atoms with Crippen LogP contribution in [0.5, 0.6) is 0 Å². The van der Waals surface area contributed by atoms with Crippen molar-refractivity contribution in [3.05, 3.63) is 35.4 Å². The maximum Gasteiger partial charge on any atom is 0.235 e. The lowest BCUT2D eigenvalue weighted by atomic mass is 10.0. The molecule has 0 spiro atoms. The van der Waals surface area contributed by atoms with Gasteiger partial charge in [-0.3, -0.25) is 0 Å². The molecule has 3 rings (SSSR count). The maximum atomic E-state index is 10.5. The monoisotopic (exact) mass is 285 g/mol. The van der Waals surface area contributed by atoms with Crippen LogP contribution < -0.4 is 0 Å². The van der Waals surface area contributed by atoms with Crippen LogP contribution in [0.1, 0.15) is 24.0 Å². The first-order valence-corrected chi connectivity index (χ1v) is 7.81. The zero-order valence-electron chi connectivity index (χ0n) is 12.7. The van der Waals surface area contributed by atoms with E-state index in [4.69, 9.17) is 0 Å². The van der Waals surface area contributed by atoms with E-state index in [0.29, 0.717) is 0 Å². The first-order chi connectivity index (χ1) is 10.2. The van der Waals surface area contributed by atoms with Gasteiger partial charge in [-0.25, -0.2) is 4.79 Å². The van der Waals surface area contributed by atoms with Gasteiger partial charge in [-0.15, -0.1) is 0 Å². The van der Waals surface area contributed by atoms with Crippen molar-refractivity contribution in [1.82, 2.24) is 9.80 Å². The van der Waals surface area contributed by atoms with Crippen LogP contribution in [-0.2, 0) is 16.8 Å². The minimum atomic E-state index is -0.238. The number of rotatable bonds is 5. The summed E-state index contributed by atoms with van der Waals surface area (Å²) >= 11 is 0. The second-order valence-electron chi connectivity index (χ2n) is 6.33. The Kier molecular flexibility index (Phi) is 4.20. The largest absolute Gasteiger partial charge is 0.304 e. The quantitative estimate of drug-likeness (QED) is 0.611. The van der Waals surface area contributed by atoms with Crippen LogP contribution in [0.2, 0.25) is 0 Å². The van der Waals surface area contributed by atoms with Crippen molar-refractivity contribution >= 4 is 6.08 Å². The average Bonchev–Trinajstić information content (AvgIpc) is 3.28. The molecule has 0 radical (unpaired) electrons. The third-order valence-electron chi connectivity index (χ3n) is 4.79. The Hall–Kier alpha value is -1.48. The third-order valence-corrected chi connectivity index (χ3v) is 4.79. The fourth-order valence-corrected chi connectivity index (χ4v) is 3.01. The van der Waals surface area contributed by atoms with E-state index >= 15 is 0 Å². The topological polar surface area (TPSA) is 35.9 Å². The molecule has 1 aromatic carbocycles. The van der Waals surface area contributed by atoms with E-state index in [2.05, 4.69) is 46.1 Å². The van der Waals surface area contributed by atoms with Crippen molar-refractivity contribution in [2.75, 3.05) is 39.8 Å². The molecule has 0 atom stereocenters. The number of likely N-dealkylation sites (N-methyl/N-ethyl adjacent to an activating group) is 1. The first-order valence-electron chi connectivity index (χ1n) is 7.81. The Bertz CT molecular complexity index is 521. The van der Waals surface area contributed by atoms with E-state index in [1.807, 2.05) is 0 Å². The summed E-state index contributed by atoms with van der Waals surface area (Å²) in [5.74, 6) is 0. The summed E-state index contributed by atoms with van der Waals surface area (Å²) in [5.41, 5.74) is 2.29. The number of carbonyl (C=O) groups excluding carboxylic acids is 1. The molecule has 2 fully saturated rings. The van der Waals surface area contributed by atoms with Crippen molar-refractivity contribution in [3.8, 4) is 0 Å². The van der Waals surface area contributed by atoms with Gasteiger partial charge in [0, 0.05) is 32.7 Å². The summed E-state index contributed by atoms with van der Waals surface area (Å²) in [7, 11) is 2.19. The highest BCUT2D eigenvalue weighted by Gasteiger charge is 2.44. The SMILES string of the molecule is CN1CCN(CCc2ccc(C3(N=C=O)CC3)cc2)CC1. The minimum absolute atomic E-state index is 0.238. The van der Waals surface area contributed by atoms with Crippen molar-refractivity contribution < 1.29 is 4.79 Å². The van der Waals surface area contributed by atoms with E-state index in [1.54, 1.807) is 6.08 Å². The minimum Gasteiger partial charge on any atom is -0.304 e. The molecule has 1 heterocycles. The molecule has 1 aliphatic heterocycles. The van der Waals surface area contributed by atoms with Crippen LogP contribution >= 0.6 is 0 Å². The van der Waals surface area contributed by atoms with Crippen molar-refractivity contribution in [1.29, 1.82) is 0 Å². The van der Waals surface area contributed by atoms with Crippen LogP contribution in [0.4, 0.5) is 0 Å². The Morgan fingerprint density at radius 2 is 1.81 bits per heavy atom. The highest BCUT2D eigenvalue weighted by atomic mass is 16.1. The van der Waals surface area contributed by atoms with Crippen LogP contribution in [0, 0.1) is 0 Å². The van der Waals surface area contributed by atoms with Gasteiger partial charge in [0.1, 0.15) is 0 Å². The molecule has 1 saturated heterocycles. The van der Waals surface area contributed by atoms with Crippen molar-refractivity contribution in [2.45, 2.75) is 24.8 Å². The summed E-state index contributed by atoms with van der Waals surface area (Å²) in [6.45, 7) is 5.82. The second kappa shape index (κ2) is 6.10. The number of aliphatic imine (C=N–C) groups is 1. The summed E-state index contributed by atoms with van der Waals surface area (Å²) in [4.78, 5) is 19.4. The van der Waals surface area contributed by atoms with Crippen molar-refractivity contribution in [3.63, 3.8) is 0 Å². The Morgan fingerprint density at radius 1 is 1.14 bits per heavy atom. The lowest BCUT2D eigenvalue weighted by molar-refractivity contribution is 0.155. The standard InChI is InChI=1S/C17H23N3O/c1-19-10-12-20(13-11-19)9-6-15-2-4-16(5-3-15)17(7-8-17)18-14-21/h2-5H,6-13H2,1H3. The maximum absolute atomic E-state index is 10.5. The molecule has 2 aliphatic rings. The fourth-order valence-electron chi connectivity index (χ4n) is 3.01. The highest BCUT2D eigenvalue weighted by Crippen LogP contribution is 2.49. The molecule has 21 heavy (non-hydrogen) atoms. The van der Waals surface area contributed by atoms with Crippen LogP contribution in [0.15, 0.2) is 29.3 Å². The summed E-state index contributed by atoms with van der Waals surface area (Å²) in [5, 5.41) is 0. The highest BCUT2D eigenvalue weighted by molar-refractivity contribution is 5.41. The third kappa shape index (κ3) is 3.41. The number of hydrogen-bond donors (Lipinski definition) is 0. The zero-order valence-corrected chi connectivity index (χ0v) is 12.7. The molecule has 0 amide bonds. The lowest BCUT2D eigenvalue weighted by Gasteiger charge is -2.32. The predicted molar refractivity (Wildman–Crippen MR) is 83.1 cm³/mol. The van der Waals surface area contributed by atoms with Crippen LogP contribution in [0.3, 0.4) is 0 Å². The summed E-state index contributed by atoms with van der Waals surface area (Å²) in [6, 6.07) is 8.64. The van der Waals surface area contributed by atoms with Crippen LogP contribution in [0.25, 0.3) is 0 Å². The lowest BCUT2D eigenvalue weighted by Crippen LogP contribution is -2.45. The molecule has 0 bridgehead atoms. The number of benzene rings is 1. The van der Waals surface area contributed by atoms with E-state index < -0.39 is 0 Å². The van der Waals surface area contributed by atoms with Gasteiger partial charge in [-0.05, 0) is 37.4 Å². The molecule has 4 heteroatoms. The Balaban J connectivity index is 1.54. The zero-order chi connectivity index (χ0) is 14.7. The van der Waals surface area contributed by atoms with Gasteiger partial charge < -0.3 is 9.80 Å². The van der Waals surface area contributed by atoms with Gasteiger partial charge in [0.25, 0.3) is 0 Å². The Labute approximate surface area is 126 Å². The normalized spacial score (nSPS) is 21.8. The van der Waals surface area contributed by atoms with Gasteiger partial charge in [0.05, 0.1) is 5.54 Å². The first kappa shape index (κ1) is 14.5. The average molecular weight is 285 g/mol. The molecule has 4 nitrogen and oxygen atoms in total. The molecule has 1 saturated carbocycles. The van der Waals surface area contributed by atoms with Gasteiger partial charge in [-0.1, -0.05) is 24.3 Å². The molecule has 1 aromatic rings. The van der Waals surface area contributed by atoms with Gasteiger partial charge >= 0.3 is 0 Å². The second-order valence-corrected chi connectivity index (χ2v) is 6.33. The summed E-state index contributed by atoms with van der Waals surface area (Å²) in [6.07, 6.45) is 4.76. The van der Waals surface area contributed by atoms with Gasteiger partial charge in [-0.2, -0.15) is 4.99 Å². The Morgan fingerprint density at radius 3 is 2.38 bits per heavy atom. The van der Waals surface area contributed by atoms with Crippen LogP contribution in [-0.4, -0.2) is 55.7 Å². The number of piperazine rings is 1. The molecule has 0 N–H and O–H groups in total. The van der Waals surface area contributed by atoms with Crippen molar-refractivity contribution in [2.24, 2.45) is 4.99 Å². The van der Waals surface area contributed by atoms with E-state index in [1.165, 1.54) is 31.7 Å². The summed E-state index contributed by atoms with van der Waals surface area (Å²) < 4.78 is 0. The fraction of sp³-hybridized carbons (Fsp3) is 0.588. The molecular formula is C17H23N3O. The molecule has 112 valence electrons. The predicted octanol–water partition coefficient (Wildman–Crippen LogP) is 1.80. The van der Waals surface area contributed by atoms with E-state index in [9.17, 15) is 4.79 Å². The molecule has 0 aromatic heterocycles. The smallest absolute Gasteiger partial charge is 0.235 e. The number of nitrogens with zero attached hydrogens (tertiary/aromatic N) is 3. The number of hydrogen-bond acceptors (Lipinski definition) is 4. The molecular weight excluding hydrogens is 262 g/mol. The van der Waals surface area contributed by atoms with E-state index in [-0.39, 0.29) is 5.54 Å². The molecule has 1 aliphatic carbocycles. The van der Waals surface area contributed by atoms with Gasteiger partial charge in [0.15, 0.2) is 0 Å². The number of isocyanates is 1. The molecule has 0 unspecified atom stereocenters. The van der Waals surface area contributed by atoms with E-state index in [0.717, 1.165) is 31.4 Å². The van der Waals surface area contributed by atoms with Gasteiger partial charge in [0.2, 0.25) is 6.08 Å².